The number of aromatic nitrogens is 1. The quantitative estimate of drug-likeness (QED) is 0.682. The van der Waals surface area contributed by atoms with E-state index in [1.165, 1.54) is 33.5 Å². The predicted octanol–water partition coefficient (Wildman–Crippen LogP) is 3.58. The van der Waals surface area contributed by atoms with Crippen LogP contribution in [0, 0.1) is 13.8 Å². The number of aryl methyl sites for hydroxylation is 4. The van der Waals surface area contributed by atoms with Gasteiger partial charge in [-0.1, -0.05) is 18.2 Å². The molecule has 6 rings (SSSR count). The fourth-order valence-corrected chi connectivity index (χ4v) is 2.77. The van der Waals surface area contributed by atoms with E-state index in [2.05, 4.69) is 43.1 Å². The van der Waals surface area contributed by atoms with E-state index in [1.807, 2.05) is 6.20 Å². The number of benzene rings is 1. The Balaban J connectivity index is 2.05. The Morgan fingerprint density at radius 2 is 1.44 bits per heavy atom. The fourth-order valence-electron chi connectivity index (χ4n) is 2.77. The zero-order chi connectivity index (χ0) is 12.5. The molecule has 0 amide bonds. The van der Waals surface area contributed by atoms with Crippen LogP contribution in [0.25, 0.3) is 0 Å². The summed E-state index contributed by atoms with van der Waals surface area (Å²) in [5.74, 6) is 0. The summed E-state index contributed by atoms with van der Waals surface area (Å²) in [6, 6.07) is 9.05. The van der Waals surface area contributed by atoms with Gasteiger partial charge in [0, 0.05) is 11.9 Å². The molecule has 3 heterocycles. The van der Waals surface area contributed by atoms with Gasteiger partial charge >= 0.3 is 0 Å². The van der Waals surface area contributed by atoms with Gasteiger partial charge in [0.15, 0.2) is 0 Å². The maximum atomic E-state index is 4.56. The van der Waals surface area contributed by atoms with E-state index in [4.69, 9.17) is 0 Å². The molecule has 1 heteroatoms. The van der Waals surface area contributed by atoms with Gasteiger partial charge < -0.3 is 0 Å². The van der Waals surface area contributed by atoms with Crippen LogP contribution >= 0.6 is 0 Å². The maximum absolute atomic E-state index is 4.56. The summed E-state index contributed by atoms with van der Waals surface area (Å²) >= 11 is 0. The van der Waals surface area contributed by atoms with Crippen molar-refractivity contribution < 1.29 is 0 Å². The van der Waals surface area contributed by atoms with Crippen LogP contribution in [0.1, 0.15) is 33.5 Å². The molecule has 2 aliphatic heterocycles. The minimum Gasteiger partial charge on any atom is -0.261 e. The van der Waals surface area contributed by atoms with E-state index < -0.39 is 0 Å². The zero-order valence-corrected chi connectivity index (χ0v) is 11.2. The van der Waals surface area contributed by atoms with Crippen LogP contribution < -0.4 is 0 Å². The first-order valence-corrected chi connectivity index (χ1v) is 6.76. The molecule has 92 valence electrons. The highest BCUT2D eigenvalue weighted by Crippen LogP contribution is 2.22. The molecule has 1 aromatic heterocycles. The van der Waals surface area contributed by atoms with E-state index in [9.17, 15) is 0 Å². The molecule has 0 saturated carbocycles. The maximum Gasteiger partial charge on any atom is 0.0407 e. The van der Waals surface area contributed by atoms with E-state index in [1.54, 1.807) is 0 Å². The number of nitrogens with zero attached hydrogens (tertiary/aromatic N) is 1. The summed E-state index contributed by atoms with van der Waals surface area (Å²) in [7, 11) is 0. The summed E-state index contributed by atoms with van der Waals surface area (Å²) in [6.45, 7) is 4.52. The summed E-state index contributed by atoms with van der Waals surface area (Å²) in [6.07, 6.45) is 6.39. The second kappa shape index (κ2) is 4.56. The lowest BCUT2D eigenvalue weighted by molar-refractivity contribution is 0.867. The molecule has 0 spiro atoms. The van der Waals surface area contributed by atoms with Crippen LogP contribution in [0.2, 0.25) is 0 Å². The van der Waals surface area contributed by atoms with Crippen molar-refractivity contribution in [3.8, 4) is 0 Å². The van der Waals surface area contributed by atoms with Crippen molar-refractivity contribution in [1.29, 1.82) is 0 Å². The van der Waals surface area contributed by atoms with Gasteiger partial charge in [-0.05, 0) is 73.4 Å². The van der Waals surface area contributed by atoms with Crippen LogP contribution in [-0.4, -0.2) is 4.98 Å². The predicted molar refractivity (Wildman–Crippen MR) is 75.0 cm³/mol. The molecule has 0 atom stereocenters. The SMILES string of the molecule is Cc1c2ccc(c1C)CCc1ccc(cn1)CC2. The van der Waals surface area contributed by atoms with E-state index >= 15 is 0 Å². The monoisotopic (exact) mass is 237 g/mol. The first-order valence-electron chi connectivity index (χ1n) is 6.76. The highest BCUT2D eigenvalue weighted by Gasteiger charge is 2.09. The topological polar surface area (TPSA) is 12.9 Å². The molecule has 0 fully saturated rings. The van der Waals surface area contributed by atoms with Gasteiger partial charge in [-0.3, -0.25) is 4.98 Å². The largest absolute Gasteiger partial charge is 0.261 e. The van der Waals surface area contributed by atoms with E-state index in [-0.39, 0.29) is 0 Å². The number of rotatable bonds is 0. The Hall–Kier alpha value is -1.63. The Kier molecular flexibility index (Phi) is 2.91. The lowest BCUT2D eigenvalue weighted by Crippen LogP contribution is -2.04. The third kappa shape index (κ3) is 2.05. The van der Waals surface area contributed by atoms with Crippen molar-refractivity contribution in [2.75, 3.05) is 0 Å². The molecule has 2 aliphatic carbocycles. The molecule has 2 aromatic rings. The summed E-state index contributed by atoms with van der Waals surface area (Å²) in [5.41, 5.74) is 8.47. The van der Waals surface area contributed by atoms with Crippen LogP contribution in [0.3, 0.4) is 0 Å². The Bertz CT molecular complexity index is 515. The van der Waals surface area contributed by atoms with Gasteiger partial charge in [0.1, 0.15) is 0 Å². The van der Waals surface area contributed by atoms with Crippen molar-refractivity contribution in [3.63, 3.8) is 0 Å². The molecular formula is C17H19N. The van der Waals surface area contributed by atoms with Gasteiger partial charge in [-0.2, -0.15) is 0 Å². The van der Waals surface area contributed by atoms with Crippen LogP contribution in [-0.2, 0) is 25.7 Å². The first-order chi connectivity index (χ1) is 8.74. The molecule has 0 saturated heterocycles. The van der Waals surface area contributed by atoms with E-state index in [0.29, 0.717) is 0 Å². The third-order valence-electron chi connectivity index (χ3n) is 4.23. The second-order valence-corrected chi connectivity index (χ2v) is 5.29. The highest BCUT2D eigenvalue weighted by atomic mass is 14.7. The smallest absolute Gasteiger partial charge is 0.0407 e. The molecule has 4 bridgehead atoms. The van der Waals surface area contributed by atoms with Crippen LogP contribution in [0.5, 0.6) is 0 Å². The normalized spacial score (nSPS) is 14.3. The molecule has 1 nitrogen and oxygen atoms in total. The molecular weight excluding hydrogens is 218 g/mol. The van der Waals surface area contributed by atoms with Crippen LogP contribution in [0.4, 0.5) is 0 Å². The van der Waals surface area contributed by atoms with Crippen molar-refractivity contribution >= 4 is 0 Å². The molecule has 1 aromatic carbocycles. The van der Waals surface area contributed by atoms with Crippen molar-refractivity contribution in [2.24, 2.45) is 0 Å². The van der Waals surface area contributed by atoms with Gasteiger partial charge in [0.2, 0.25) is 0 Å². The second-order valence-electron chi connectivity index (χ2n) is 5.29. The standard InChI is InChI=1S/C17H19N/c1-12-13(2)16-7-6-15(12)5-3-14-4-9-17(10-8-16)18-11-14/h4,6-7,9,11H,3,5,8,10H2,1-2H3. The minimum atomic E-state index is 1.04. The van der Waals surface area contributed by atoms with Crippen molar-refractivity contribution in [2.45, 2.75) is 39.5 Å². The first kappa shape index (κ1) is 11.5. The third-order valence-corrected chi connectivity index (χ3v) is 4.23. The highest BCUT2D eigenvalue weighted by molar-refractivity contribution is 5.40. The molecule has 0 unspecified atom stereocenters. The Labute approximate surface area is 109 Å². The van der Waals surface area contributed by atoms with Gasteiger partial charge in [-0.25, -0.2) is 0 Å². The Morgan fingerprint density at radius 1 is 0.778 bits per heavy atom. The molecule has 0 radical (unpaired) electrons. The fraction of sp³-hybridized carbons (Fsp3) is 0.353. The molecule has 0 N–H and O–H groups in total. The molecule has 4 aliphatic rings. The number of pyridine rings is 1. The molecule has 18 heavy (non-hydrogen) atoms. The minimum absolute atomic E-state index is 1.04. The Morgan fingerprint density at radius 3 is 2.06 bits per heavy atom. The summed E-state index contributed by atoms with van der Waals surface area (Å²) in [4.78, 5) is 4.56. The average molecular weight is 237 g/mol. The number of hydrogen-bond acceptors (Lipinski definition) is 1. The zero-order valence-electron chi connectivity index (χ0n) is 11.2. The van der Waals surface area contributed by atoms with Crippen LogP contribution in [0.15, 0.2) is 30.5 Å². The van der Waals surface area contributed by atoms with Gasteiger partial charge in [0.05, 0.1) is 0 Å². The van der Waals surface area contributed by atoms with E-state index in [0.717, 1.165) is 25.7 Å². The van der Waals surface area contributed by atoms with Crippen molar-refractivity contribution in [3.05, 3.63) is 64.0 Å². The van der Waals surface area contributed by atoms with Gasteiger partial charge in [-0.15, -0.1) is 0 Å². The van der Waals surface area contributed by atoms with Gasteiger partial charge in [0.25, 0.3) is 0 Å². The lowest BCUT2D eigenvalue weighted by atomic mass is 9.91. The number of hydrogen-bond donors (Lipinski definition) is 0. The lowest BCUT2D eigenvalue weighted by Gasteiger charge is -2.15. The summed E-state index contributed by atoms with van der Waals surface area (Å²) in [5, 5.41) is 0. The summed E-state index contributed by atoms with van der Waals surface area (Å²) < 4.78 is 0. The van der Waals surface area contributed by atoms with Crippen molar-refractivity contribution in [1.82, 2.24) is 4.98 Å². The average Bonchev–Trinajstić information content (AvgIpc) is 2.38.